The Morgan fingerprint density at radius 2 is 2.33 bits per heavy atom. The van der Waals surface area contributed by atoms with Crippen molar-refractivity contribution in [2.75, 3.05) is 13.1 Å². The SMILES string of the molecule is NCCNC(=O)OC1C=CCCCCC1. The molecule has 0 spiro atoms. The molecule has 0 fully saturated rings. The lowest BCUT2D eigenvalue weighted by molar-refractivity contribution is 0.113. The molecule has 1 rings (SSSR count). The summed E-state index contributed by atoms with van der Waals surface area (Å²) in [6, 6.07) is 0. The van der Waals surface area contributed by atoms with Gasteiger partial charge in [0.1, 0.15) is 6.10 Å². The molecule has 0 aromatic heterocycles. The first-order valence-electron chi connectivity index (χ1n) is 5.64. The summed E-state index contributed by atoms with van der Waals surface area (Å²) in [5.41, 5.74) is 5.27. The average molecular weight is 212 g/mol. The normalized spacial score (nSPS) is 21.5. The summed E-state index contributed by atoms with van der Waals surface area (Å²) in [5, 5.41) is 2.60. The molecule has 0 bridgehead atoms. The van der Waals surface area contributed by atoms with Crippen LogP contribution in [0.2, 0.25) is 0 Å². The Morgan fingerprint density at radius 3 is 3.13 bits per heavy atom. The number of carbonyl (C=O) groups excluding carboxylic acids is 1. The number of ether oxygens (including phenoxy) is 1. The van der Waals surface area contributed by atoms with E-state index in [4.69, 9.17) is 10.5 Å². The molecular weight excluding hydrogens is 192 g/mol. The van der Waals surface area contributed by atoms with Crippen molar-refractivity contribution in [3.8, 4) is 0 Å². The van der Waals surface area contributed by atoms with E-state index in [1.807, 2.05) is 6.08 Å². The third kappa shape index (κ3) is 5.42. The molecule has 0 heterocycles. The zero-order valence-electron chi connectivity index (χ0n) is 9.08. The van der Waals surface area contributed by atoms with E-state index in [9.17, 15) is 4.79 Å². The maximum atomic E-state index is 11.2. The number of nitrogens with one attached hydrogen (secondary N) is 1. The molecule has 0 aromatic rings. The lowest BCUT2D eigenvalue weighted by atomic mass is 10.0. The third-order valence-electron chi connectivity index (χ3n) is 2.38. The van der Waals surface area contributed by atoms with Crippen molar-refractivity contribution >= 4 is 6.09 Å². The highest BCUT2D eigenvalue weighted by atomic mass is 16.6. The summed E-state index contributed by atoms with van der Waals surface area (Å²) >= 11 is 0. The van der Waals surface area contributed by atoms with Crippen molar-refractivity contribution in [2.45, 2.75) is 38.2 Å². The zero-order valence-corrected chi connectivity index (χ0v) is 9.08. The lowest BCUT2D eigenvalue weighted by Gasteiger charge is -2.16. The average Bonchev–Trinajstić information content (AvgIpc) is 2.19. The molecule has 4 heteroatoms. The minimum Gasteiger partial charge on any atom is -0.442 e. The highest BCUT2D eigenvalue weighted by Gasteiger charge is 2.11. The number of nitrogens with two attached hydrogens (primary N) is 1. The Labute approximate surface area is 90.9 Å². The fraction of sp³-hybridized carbons (Fsp3) is 0.727. The number of hydrogen-bond acceptors (Lipinski definition) is 3. The molecule has 0 aromatic carbocycles. The van der Waals surface area contributed by atoms with Gasteiger partial charge < -0.3 is 15.8 Å². The maximum absolute atomic E-state index is 11.2. The summed E-state index contributed by atoms with van der Waals surface area (Å²) in [7, 11) is 0. The maximum Gasteiger partial charge on any atom is 0.407 e. The van der Waals surface area contributed by atoms with E-state index in [-0.39, 0.29) is 12.2 Å². The molecule has 1 unspecified atom stereocenters. The molecule has 0 saturated heterocycles. The molecule has 1 atom stereocenters. The number of carbonyl (C=O) groups is 1. The van der Waals surface area contributed by atoms with E-state index in [1.54, 1.807) is 0 Å². The van der Waals surface area contributed by atoms with Crippen molar-refractivity contribution in [2.24, 2.45) is 5.73 Å². The van der Waals surface area contributed by atoms with Crippen LogP contribution in [0, 0.1) is 0 Å². The third-order valence-corrected chi connectivity index (χ3v) is 2.38. The van der Waals surface area contributed by atoms with Gasteiger partial charge in [-0.2, -0.15) is 0 Å². The Morgan fingerprint density at radius 1 is 1.47 bits per heavy atom. The number of hydrogen-bond donors (Lipinski definition) is 2. The van der Waals surface area contributed by atoms with E-state index in [2.05, 4.69) is 11.4 Å². The van der Waals surface area contributed by atoms with Crippen LogP contribution in [0.25, 0.3) is 0 Å². The number of rotatable bonds is 3. The highest BCUT2D eigenvalue weighted by Crippen LogP contribution is 2.14. The molecule has 1 aliphatic rings. The van der Waals surface area contributed by atoms with E-state index in [0.717, 1.165) is 19.3 Å². The fourth-order valence-electron chi connectivity index (χ4n) is 1.58. The molecule has 1 aliphatic carbocycles. The van der Waals surface area contributed by atoms with Crippen LogP contribution in [0.4, 0.5) is 4.79 Å². The number of alkyl carbamates (subject to hydrolysis) is 1. The minimum absolute atomic E-state index is 0.0666. The van der Waals surface area contributed by atoms with E-state index in [0.29, 0.717) is 13.1 Å². The van der Waals surface area contributed by atoms with Crippen LogP contribution in [-0.2, 0) is 4.74 Å². The van der Waals surface area contributed by atoms with Crippen molar-refractivity contribution in [3.05, 3.63) is 12.2 Å². The molecule has 0 aliphatic heterocycles. The summed E-state index contributed by atoms with van der Waals surface area (Å²) in [6.07, 6.45) is 9.24. The van der Waals surface area contributed by atoms with Crippen LogP contribution in [-0.4, -0.2) is 25.3 Å². The van der Waals surface area contributed by atoms with Gasteiger partial charge in [0, 0.05) is 13.1 Å². The van der Waals surface area contributed by atoms with Gasteiger partial charge in [-0.3, -0.25) is 0 Å². The standard InChI is InChI=1S/C11H20N2O2/c12-8-9-13-11(14)15-10-6-4-2-1-3-5-7-10/h4,6,10H,1-3,5,7-9,12H2,(H,13,14). The molecule has 3 N–H and O–H groups in total. The van der Waals surface area contributed by atoms with Gasteiger partial charge in [0.2, 0.25) is 0 Å². The van der Waals surface area contributed by atoms with Gasteiger partial charge in [-0.1, -0.05) is 12.5 Å². The van der Waals surface area contributed by atoms with Gasteiger partial charge in [0.15, 0.2) is 0 Å². The van der Waals surface area contributed by atoms with Crippen molar-refractivity contribution in [3.63, 3.8) is 0 Å². The van der Waals surface area contributed by atoms with Crippen LogP contribution < -0.4 is 11.1 Å². The Bertz CT molecular complexity index is 217. The topological polar surface area (TPSA) is 64.3 Å². The summed E-state index contributed by atoms with van der Waals surface area (Å²) < 4.78 is 5.24. The summed E-state index contributed by atoms with van der Waals surface area (Å²) in [5.74, 6) is 0. The molecule has 86 valence electrons. The van der Waals surface area contributed by atoms with Crippen molar-refractivity contribution in [1.82, 2.24) is 5.32 Å². The lowest BCUT2D eigenvalue weighted by Crippen LogP contribution is -2.32. The van der Waals surface area contributed by atoms with Crippen molar-refractivity contribution < 1.29 is 9.53 Å². The van der Waals surface area contributed by atoms with Crippen LogP contribution in [0.15, 0.2) is 12.2 Å². The molecule has 1 amide bonds. The van der Waals surface area contributed by atoms with Crippen molar-refractivity contribution in [1.29, 1.82) is 0 Å². The number of amides is 1. The molecule has 4 nitrogen and oxygen atoms in total. The molecule has 15 heavy (non-hydrogen) atoms. The van der Waals surface area contributed by atoms with Crippen LogP contribution >= 0.6 is 0 Å². The first-order valence-corrected chi connectivity index (χ1v) is 5.64. The second-order valence-corrected chi connectivity index (χ2v) is 3.73. The van der Waals surface area contributed by atoms with Crippen LogP contribution in [0.5, 0.6) is 0 Å². The Kier molecular flexibility index (Phi) is 5.85. The predicted octanol–water partition coefficient (Wildman–Crippen LogP) is 1.56. The molecular formula is C11H20N2O2. The fourth-order valence-corrected chi connectivity index (χ4v) is 1.58. The van der Waals surface area contributed by atoms with Gasteiger partial charge in [-0.15, -0.1) is 0 Å². The van der Waals surface area contributed by atoms with Gasteiger partial charge in [0.05, 0.1) is 0 Å². The van der Waals surface area contributed by atoms with Crippen LogP contribution in [0.1, 0.15) is 32.1 Å². The monoisotopic (exact) mass is 212 g/mol. The van der Waals surface area contributed by atoms with E-state index in [1.165, 1.54) is 12.8 Å². The minimum atomic E-state index is -0.365. The zero-order chi connectivity index (χ0) is 10.9. The van der Waals surface area contributed by atoms with Crippen LogP contribution in [0.3, 0.4) is 0 Å². The summed E-state index contributed by atoms with van der Waals surface area (Å²) in [6.45, 7) is 0.908. The second-order valence-electron chi connectivity index (χ2n) is 3.73. The van der Waals surface area contributed by atoms with Gasteiger partial charge >= 0.3 is 6.09 Å². The second kappa shape index (κ2) is 7.29. The Balaban J connectivity index is 2.28. The first kappa shape index (κ1) is 12.0. The van der Waals surface area contributed by atoms with Gasteiger partial charge in [-0.25, -0.2) is 4.79 Å². The Hall–Kier alpha value is -1.03. The molecule has 0 saturated carbocycles. The quantitative estimate of drug-likeness (QED) is 0.698. The smallest absolute Gasteiger partial charge is 0.407 e. The molecule has 0 radical (unpaired) electrons. The predicted molar refractivity (Wildman–Crippen MR) is 59.6 cm³/mol. The largest absolute Gasteiger partial charge is 0.442 e. The van der Waals surface area contributed by atoms with Gasteiger partial charge in [0.25, 0.3) is 0 Å². The van der Waals surface area contributed by atoms with Gasteiger partial charge in [-0.05, 0) is 31.8 Å². The highest BCUT2D eigenvalue weighted by molar-refractivity contribution is 5.67. The van der Waals surface area contributed by atoms with E-state index < -0.39 is 0 Å². The summed E-state index contributed by atoms with van der Waals surface area (Å²) in [4.78, 5) is 11.2. The van der Waals surface area contributed by atoms with E-state index >= 15 is 0 Å². The first-order chi connectivity index (χ1) is 7.33. The number of allylic oxidation sites excluding steroid dienone is 1.